The monoisotopic (exact) mass is 379 g/mol. The van der Waals surface area contributed by atoms with Gasteiger partial charge in [-0.3, -0.25) is 4.79 Å². The topological polar surface area (TPSA) is 63.7 Å². The molecule has 0 spiro atoms. The van der Waals surface area contributed by atoms with Gasteiger partial charge in [0, 0.05) is 10.9 Å². The van der Waals surface area contributed by atoms with Gasteiger partial charge >= 0.3 is 0 Å². The van der Waals surface area contributed by atoms with Gasteiger partial charge in [-0.15, -0.1) is 11.3 Å². The Morgan fingerprint density at radius 2 is 2.08 bits per heavy atom. The molecule has 2 aromatic rings. The van der Waals surface area contributed by atoms with Crippen LogP contribution in [-0.4, -0.2) is 43.9 Å². The number of carbonyl (C=O) groups is 1. The van der Waals surface area contributed by atoms with Crippen LogP contribution < -0.4 is 4.74 Å². The van der Waals surface area contributed by atoms with Crippen LogP contribution in [-0.2, 0) is 16.4 Å². The first-order valence-electron chi connectivity index (χ1n) is 8.08. The van der Waals surface area contributed by atoms with Crippen molar-refractivity contribution in [2.24, 2.45) is 0 Å². The van der Waals surface area contributed by atoms with Crippen LogP contribution in [0.25, 0.3) is 0 Å². The van der Waals surface area contributed by atoms with E-state index in [4.69, 9.17) is 4.74 Å². The molecule has 1 aliphatic heterocycles. The van der Waals surface area contributed by atoms with Crippen LogP contribution in [0.4, 0.5) is 0 Å². The number of hydrogen-bond donors (Lipinski definition) is 0. The van der Waals surface area contributed by atoms with E-state index in [1.165, 1.54) is 7.11 Å². The zero-order valence-electron chi connectivity index (χ0n) is 14.3. The van der Waals surface area contributed by atoms with E-state index in [1.807, 2.05) is 24.4 Å². The van der Waals surface area contributed by atoms with Crippen LogP contribution in [0, 0.1) is 6.92 Å². The van der Waals surface area contributed by atoms with E-state index >= 15 is 0 Å². The highest BCUT2D eigenvalue weighted by molar-refractivity contribution is 7.91. The standard InChI is InChI=1S/C18H21NO4S2/c1-13-7-9-24-17(13)11-19(14-8-10-25(21,22)12-14)18(20)15-5-3-4-6-16(15)23-2/h3-7,9,14H,8,10-12H2,1-2H3/t14-/m1/s1. The fraction of sp³-hybridized carbons (Fsp3) is 0.389. The van der Waals surface area contributed by atoms with Crippen molar-refractivity contribution in [3.8, 4) is 5.75 Å². The lowest BCUT2D eigenvalue weighted by Crippen LogP contribution is -2.40. The highest BCUT2D eigenvalue weighted by Gasteiger charge is 2.36. The first-order chi connectivity index (χ1) is 11.9. The molecule has 0 unspecified atom stereocenters. The lowest BCUT2D eigenvalue weighted by molar-refractivity contribution is 0.0679. The Morgan fingerprint density at radius 1 is 1.32 bits per heavy atom. The molecule has 1 aliphatic rings. The maximum atomic E-state index is 13.2. The summed E-state index contributed by atoms with van der Waals surface area (Å²) >= 11 is 1.58. The minimum absolute atomic E-state index is 0.0261. The van der Waals surface area contributed by atoms with Crippen LogP contribution in [0.5, 0.6) is 5.75 Å². The molecule has 0 radical (unpaired) electrons. The van der Waals surface area contributed by atoms with E-state index in [2.05, 4.69) is 0 Å². The summed E-state index contributed by atoms with van der Waals surface area (Å²) in [5.74, 6) is 0.475. The van der Waals surface area contributed by atoms with Crippen molar-refractivity contribution in [3.63, 3.8) is 0 Å². The van der Waals surface area contributed by atoms with Gasteiger partial charge in [-0.2, -0.15) is 0 Å². The molecule has 134 valence electrons. The number of nitrogens with zero attached hydrogens (tertiary/aromatic N) is 1. The summed E-state index contributed by atoms with van der Waals surface area (Å²) in [4.78, 5) is 16.0. The summed E-state index contributed by atoms with van der Waals surface area (Å²) < 4.78 is 29.2. The molecule has 1 aromatic heterocycles. The average Bonchev–Trinajstić information content (AvgIpc) is 3.16. The molecular weight excluding hydrogens is 358 g/mol. The molecule has 1 atom stereocenters. The van der Waals surface area contributed by atoms with Gasteiger partial charge in [0.05, 0.1) is 30.7 Å². The van der Waals surface area contributed by atoms with E-state index in [0.29, 0.717) is 24.3 Å². The summed E-state index contributed by atoms with van der Waals surface area (Å²) in [7, 11) is -1.55. The molecule has 0 N–H and O–H groups in total. The van der Waals surface area contributed by atoms with Gasteiger partial charge in [-0.1, -0.05) is 12.1 Å². The second-order valence-electron chi connectivity index (χ2n) is 6.22. The lowest BCUT2D eigenvalue weighted by atomic mass is 10.1. The van der Waals surface area contributed by atoms with Crippen molar-refractivity contribution in [3.05, 3.63) is 51.7 Å². The van der Waals surface area contributed by atoms with Gasteiger partial charge in [0.25, 0.3) is 5.91 Å². The van der Waals surface area contributed by atoms with Gasteiger partial charge < -0.3 is 9.64 Å². The number of amides is 1. The number of methoxy groups -OCH3 is 1. The van der Waals surface area contributed by atoms with Gasteiger partial charge in [0.1, 0.15) is 5.75 Å². The fourth-order valence-electron chi connectivity index (χ4n) is 3.08. The van der Waals surface area contributed by atoms with E-state index < -0.39 is 9.84 Å². The van der Waals surface area contributed by atoms with Crippen molar-refractivity contribution in [2.75, 3.05) is 18.6 Å². The zero-order chi connectivity index (χ0) is 18.0. The smallest absolute Gasteiger partial charge is 0.258 e. The summed E-state index contributed by atoms with van der Waals surface area (Å²) in [5, 5.41) is 1.99. The first-order valence-corrected chi connectivity index (χ1v) is 10.8. The molecule has 1 saturated heterocycles. The molecule has 1 aromatic carbocycles. The van der Waals surface area contributed by atoms with Crippen molar-refractivity contribution < 1.29 is 17.9 Å². The van der Waals surface area contributed by atoms with Crippen molar-refractivity contribution in [1.29, 1.82) is 0 Å². The number of hydrogen-bond acceptors (Lipinski definition) is 5. The average molecular weight is 380 g/mol. The Morgan fingerprint density at radius 3 is 2.68 bits per heavy atom. The number of benzene rings is 1. The Bertz CT molecular complexity index is 873. The van der Waals surface area contributed by atoms with E-state index in [1.54, 1.807) is 34.4 Å². The predicted molar refractivity (Wildman–Crippen MR) is 99.0 cm³/mol. The molecular formula is C18H21NO4S2. The molecule has 0 bridgehead atoms. The van der Waals surface area contributed by atoms with Gasteiger partial charge in [0.2, 0.25) is 0 Å². The summed E-state index contributed by atoms with van der Waals surface area (Å²) in [6, 6.07) is 8.77. The van der Waals surface area contributed by atoms with Gasteiger partial charge in [0.15, 0.2) is 9.84 Å². The summed E-state index contributed by atoms with van der Waals surface area (Å²) in [6.07, 6.45) is 0.480. The molecule has 0 aliphatic carbocycles. The quantitative estimate of drug-likeness (QED) is 0.801. The molecule has 2 heterocycles. The Kier molecular flexibility index (Phi) is 5.15. The zero-order valence-corrected chi connectivity index (χ0v) is 15.9. The number of aryl methyl sites for hydroxylation is 1. The minimum Gasteiger partial charge on any atom is -0.496 e. The highest BCUT2D eigenvalue weighted by atomic mass is 32.2. The van der Waals surface area contributed by atoms with E-state index in [9.17, 15) is 13.2 Å². The third kappa shape index (κ3) is 3.88. The molecule has 3 rings (SSSR count). The third-order valence-electron chi connectivity index (χ3n) is 4.53. The van der Waals surface area contributed by atoms with Crippen molar-refractivity contribution in [1.82, 2.24) is 4.90 Å². The molecule has 1 fully saturated rings. The molecule has 25 heavy (non-hydrogen) atoms. The maximum Gasteiger partial charge on any atom is 0.258 e. The Labute approximate surface area is 152 Å². The number of para-hydroxylation sites is 1. The fourth-order valence-corrected chi connectivity index (χ4v) is 5.72. The maximum absolute atomic E-state index is 13.2. The molecule has 5 nitrogen and oxygen atoms in total. The third-order valence-corrected chi connectivity index (χ3v) is 7.29. The van der Waals surface area contributed by atoms with Crippen LogP contribution >= 0.6 is 11.3 Å². The number of sulfone groups is 1. The number of ether oxygens (including phenoxy) is 1. The summed E-state index contributed by atoms with van der Waals surface area (Å²) in [6.45, 7) is 2.42. The number of thiophene rings is 1. The largest absolute Gasteiger partial charge is 0.496 e. The Balaban J connectivity index is 1.95. The van der Waals surface area contributed by atoms with Crippen LogP contribution in [0.1, 0.15) is 27.2 Å². The summed E-state index contributed by atoms with van der Waals surface area (Å²) in [5.41, 5.74) is 1.58. The van der Waals surface area contributed by atoms with Crippen LogP contribution in [0.3, 0.4) is 0 Å². The first kappa shape index (κ1) is 17.9. The number of carbonyl (C=O) groups excluding carboxylic acids is 1. The van der Waals surface area contributed by atoms with Crippen LogP contribution in [0.2, 0.25) is 0 Å². The predicted octanol–water partition coefficient (Wildman–Crippen LogP) is 2.89. The molecule has 1 amide bonds. The minimum atomic E-state index is -3.08. The van der Waals surface area contributed by atoms with Crippen molar-refractivity contribution in [2.45, 2.75) is 25.9 Å². The molecule has 0 saturated carbocycles. The lowest BCUT2D eigenvalue weighted by Gasteiger charge is -2.29. The second-order valence-corrected chi connectivity index (χ2v) is 9.45. The SMILES string of the molecule is COc1ccccc1C(=O)N(Cc1sccc1C)[C@@H]1CCS(=O)(=O)C1. The highest BCUT2D eigenvalue weighted by Crippen LogP contribution is 2.28. The van der Waals surface area contributed by atoms with Crippen molar-refractivity contribution >= 4 is 27.1 Å². The molecule has 7 heteroatoms. The van der Waals surface area contributed by atoms with Gasteiger partial charge in [-0.05, 0) is 42.5 Å². The normalized spacial score (nSPS) is 18.9. The van der Waals surface area contributed by atoms with E-state index in [0.717, 1.165) is 10.4 Å². The number of rotatable bonds is 5. The van der Waals surface area contributed by atoms with Crippen LogP contribution in [0.15, 0.2) is 35.7 Å². The van der Waals surface area contributed by atoms with E-state index in [-0.39, 0.29) is 23.5 Å². The Hall–Kier alpha value is -1.86. The van der Waals surface area contributed by atoms with Gasteiger partial charge in [-0.25, -0.2) is 8.42 Å². The second kappa shape index (κ2) is 7.17.